The van der Waals surface area contributed by atoms with E-state index >= 15 is 0 Å². The van der Waals surface area contributed by atoms with Crippen LogP contribution in [0.2, 0.25) is 5.02 Å². The van der Waals surface area contributed by atoms with Gasteiger partial charge in [0.15, 0.2) is 0 Å². The lowest BCUT2D eigenvalue weighted by Gasteiger charge is -2.32. The summed E-state index contributed by atoms with van der Waals surface area (Å²) in [7, 11) is 0. The SMILES string of the molecule is N#C/C(=C/NCCc1ccccc1Cl)C(=O)N1CCC(Cc2ccccc2)CC1. The van der Waals surface area contributed by atoms with E-state index in [1.807, 2.05) is 36.4 Å². The Kier molecular flexibility index (Phi) is 7.72. The van der Waals surface area contributed by atoms with Gasteiger partial charge in [0, 0.05) is 30.9 Å². The summed E-state index contributed by atoms with van der Waals surface area (Å²) >= 11 is 6.15. The normalized spacial score (nSPS) is 15.0. The smallest absolute Gasteiger partial charge is 0.265 e. The summed E-state index contributed by atoms with van der Waals surface area (Å²) < 4.78 is 0. The molecule has 1 N–H and O–H groups in total. The Morgan fingerprint density at radius 2 is 1.83 bits per heavy atom. The summed E-state index contributed by atoms with van der Waals surface area (Å²) in [6.45, 7) is 2.02. The molecule has 5 heteroatoms. The summed E-state index contributed by atoms with van der Waals surface area (Å²) in [5.41, 5.74) is 2.55. The van der Waals surface area contributed by atoms with Gasteiger partial charge in [-0.15, -0.1) is 0 Å². The van der Waals surface area contributed by atoms with E-state index in [1.54, 1.807) is 4.90 Å². The van der Waals surface area contributed by atoms with E-state index in [0.29, 0.717) is 25.6 Å². The minimum absolute atomic E-state index is 0.158. The first kappa shape index (κ1) is 21.0. The van der Waals surface area contributed by atoms with Crippen molar-refractivity contribution in [3.05, 3.63) is 82.5 Å². The van der Waals surface area contributed by atoms with Gasteiger partial charge < -0.3 is 10.2 Å². The average Bonchev–Trinajstić information content (AvgIpc) is 2.76. The number of carbonyl (C=O) groups is 1. The molecule has 1 amide bonds. The lowest BCUT2D eigenvalue weighted by Crippen LogP contribution is -2.39. The monoisotopic (exact) mass is 407 g/mol. The van der Waals surface area contributed by atoms with Crippen LogP contribution >= 0.6 is 11.6 Å². The second-order valence-corrected chi connectivity index (χ2v) is 7.80. The summed E-state index contributed by atoms with van der Waals surface area (Å²) in [6.07, 6.45) is 5.26. The minimum atomic E-state index is -0.184. The number of piperidine rings is 1. The highest BCUT2D eigenvalue weighted by Gasteiger charge is 2.25. The van der Waals surface area contributed by atoms with Crippen LogP contribution in [-0.4, -0.2) is 30.4 Å². The molecule has 1 heterocycles. The maximum absolute atomic E-state index is 12.7. The molecule has 0 spiro atoms. The zero-order valence-electron chi connectivity index (χ0n) is 16.5. The molecule has 1 fully saturated rings. The lowest BCUT2D eigenvalue weighted by molar-refractivity contribution is -0.128. The van der Waals surface area contributed by atoms with Crippen molar-refractivity contribution < 1.29 is 4.79 Å². The van der Waals surface area contributed by atoms with Gasteiger partial charge in [-0.1, -0.05) is 60.1 Å². The maximum atomic E-state index is 12.7. The molecule has 150 valence electrons. The molecular formula is C24H26ClN3O. The van der Waals surface area contributed by atoms with Gasteiger partial charge in [0.05, 0.1) is 0 Å². The minimum Gasteiger partial charge on any atom is -0.389 e. The third-order valence-corrected chi connectivity index (χ3v) is 5.73. The summed E-state index contributed by atoms with van der Waals surface area (Å²) in [6, 6.07) is 20.2. The van der Waals surface area contributed by atoms with Crippen molar-refractivity contribution in [1.29, 1.82) is 5.26 Å². The fourth-order valence-electron chi connectivity index (χ4n) is 3.68. The molecule has 3 rings (SSSR count). The molecule has 2 aromatic carbocycles. The molecule has 2 aromatic rings. The summed E-state index contributed by atoms with van der Waals surface area (Å²) in [5, 5.41) is 13.2. The number of rotatable bonds is 7. The van der Waals surface area contributed by atoms with E-state index in [1.165, 1.54) is 11.8 Å². The Hall–Kier alpha value is -2.77. The van der Waals surface area contributed by atoms with Gasteiger partial charge in [-0.2, -0.15) is 5.26 Å². The highest BCUT2D eigenvalue weighted by Crippen LogP contribution is 2.22. The number of nitrogens with one attached hydrogen (secondary N) is 1. The largest absolute Gasteiger partial charge is 0.389 e. The Morgan fingerprint density at radius 1 is 1.14 bits per heavy atom. The highest BCUT2D eigenvalue weighted by molar-refractivity contribution is 6.31. The predicted molar refractivity (Wildman–Crippen MR) is 116 cm³/mol. The van der Waals surface area contributed by atoms with Crippen LogP contribution in [0.4, 0.5) is 0 Å². The summed E-state index contributed by atoms with van der Waals surface area (Å²) in [5.74, 6) is 0.403. The van der Waals surface area contributed by atoms with Crippen LogP contribution in [0.5, 0.6) is 0 Å². The molecule has 0 aliphatic carbocycles. The van der Waals surface area contributed by atoms with Crippen molar-refractivity contribution in [1.82, 2.24) is 10.2 Å². The fraction of sp³-hybridized carbons (Fsp3) is 0.333. The number of nitrogens with zero attached hydrogens (tertiary/aromatic N) is 2. The van der Waals surface area contributed by atoms with Gasteiger partial charge in [0.1, 0.15) is 11.6 Å². The molecule has 0 aromatic heterocycles. The van der Waals surface area contributed by atoms with Crippen LogP contribution < -0.4 is 5.32 Å². The van der Waals surface area contributed by atoms with Gasteiger partial charge >= 0.3 is 0 Å². The van der Waals surface area contributed by atoms with E-state index in [0.717, 1.165) is 36.3 Å². The van der Waals surface area contributed by atoms with Crippen LogP contribution in [0, 0.1) is 17.2 Å². The number of benzene rings is 2. The molecule has 0 bridgehead atoms. The fourth-order valence-corrected chi connectivity index (χ4v) is 3.91. The van der Waals surface area contributed by atoms with Crippen LogP contribution in [0.1, 0.15) is 24.0 Å². The van der Waals surface area contributed by atoms with E-state index in [9.17, 15) is 10.1 Å². The molecular weight excluding hydrogens is 382 g/mol. The quantitative estimate of drug-likeness (QED) is 0.421. The van der Waals surface area contributed by atoms with Gasteiger partial charge in [-0.3, -0.25) is 4.79 Å². The lowest BCUT2D eigenvalue weighted by atomic mass is 9.90. The average molecular weight is 408 g/mol. The maximum Gasteiger partial charge on any atom is 0.265 e. The van der Waals surface area contributed by atoms with Crippen molar-refractivity contribution in [3.63, 3.8) is 0 Å². The van der Waals surface area contributed by atoms with Crippen LogP contribution in [-0.2, 0) is 17.6 Å². The molecule has 4 nitrogen and oxygen atoms in total. The predicted octanol–water partition coefficient (Wildman–Crippen LogP) is 4.36. The highest BCUT2D eigenvalue weighted by atomic mass is 35.5. The van der Waals surface area contributed by atoms with E-state index in [-0.39, 0.29) is 11.5 Å². The molecule has 0 unspecified atom stereocenters. The molecule has 0 radical (unpaired) electrons. The topological polar surface area (TPSA) is 56.1 Å². The van der Waals surface area contributed by atoms with Gasteiger partial charge in [0.25, 0.3) is 5.91 Å². The number of amides is 1. The molecule has 0 saturated carbocycles. The summed E-state index contributed by atoms with van der Waals surface area (Å²) in [4.78, 5) is 14.5. The van der Waals surface area contributed by atoms with Gasteiger partial charge in [-0.25, -0.2) is 0 Å². The Morgan fingerprint density at radius 3 is 2.52 bits per heavy atom. The van der Waals surface area contributed by atoms with Crippen molar-refractivity contribution in [2.75, 3.05) is 19.6 Å². The van der Waals surface area contributed by atoms with Crippen molar-refractivity contribution in [2.45, 2.75) is 25.7 Å². The number of hydrogen-bond donors (Lipinski definition) is 1. The number of halogens is 1. The van der Waals surface area contributed by atoms with Gasteiger partial charge in [-0.05, 0) is 48.8 Å². The van der Waals surface area contributed by atoms with Gasteiger partial charge in [0.2, 0.25) is 0 Å². The molecule has 1 aliphatic heterocycles. The second kappa shape index (κ2) is 10.7. The first-order valence-electron chi connectivity index (χ1n) is 10.1. The standard InChI is InChI=1S/C24H26ClN3O/c25-23-9-5-4-8-21(23)10-13-27-18-22(17-26)24(29)28-14-11-20(12-15-28)16-19-6-2-1-3-7-19/h1-9,18,20,27H,10-16H2/b22-18-. The van der Waals surface area contributed by atoms with E-state index < -0.39 is 0 Å². The third kappa shape index (κ3) is 6.10. The van der Waals surface area contributed by atoms with Crippen LogP contribution in [0.25, 0.3) is 0 Å². The van der Waals surface area contributed by atoms with Crippen LogP contribution in [0.3, 0.4) is 0 Å². The van der Waals surface area contributed by atoms with Crippen molar-refractivity contribution in [2.24, 2.45) is 5.92 Å². The molecule has 29 heavy (non-hydrogen) atoms. The Balaban J connectivity index is 1.46. The Bertz CT molecular complexity index is 880. The zero-order valence-corrected chi connectivity index (χ0v) is 17.2. The number of nitriles is 1. The number of carbonyl (C=O) groups excluding carboxylic acids is 1. The Labute approximate surface area is 177 Å². The van der Waals surface area contributed by atoms with Crippen LogP contribution in [0.15, 0.2) is 66.4 Å². The number of hydrogen-bond acceptors (Lipinski definition) is 3. The molecule has 1 aliphatic rings. The number of likely N-dealkylation sites (tertiary alicyclic amines) is 1. The third-order valence-electron chi connectivity index (χ3n) is 5.36. The van der Waals surface area contributed by atoms with Crippen molar-refractivity contribution in [3.8, 4) is 6.07 Å². The molecule has 0 atom stereocenters. The van der Waals surface area contributed by atoms with E-state index in [2.05, 4.69) is 29.6 Å². The first-order chi connectivity index (χ1) is 14.2. The van der Waals surface area contributed by atoms with E-state index in [4.69, 9.17) is 11.6 Å². The molecule has 1 saturated heterocycles. The zero-order chi connectivity index (χ0) is 20.5. The first-order valence-corrected chi connectivity index (χ1v) is 10.5. The second-order valence-electron chi connectivity index (χ2n) is 7.39. The van der Waals surface area contributed by atoms with Crippen molar-refractivity contribution >= 4 is 17.5 Å².